The van der Waals surface area contributed by atoms with Gasteiger partial charge >= 0.3 is 0 Å². The lowest BCUT2D eigenvalue weighted by Crippen LogP contribution is -2.37. The van der Waals surface area contributed by atoms with Crippen molar-refractivity contribution in [1.82, 2.24) is 0 Å². The van der Waals surface area contributed by atoms with Crippen LogP contribution in [0, 0.1) is 16.7 Å². The molecule has 1 aromatic carbocycles. The van der Waals surface area contributed by atoms with E-state index in [4.69, 9.17) is 11.0 Å². The molecule has 2 atom stereocenters. The second-order valence-corrected chi connectivity index (χ2v) is 5.66. The Bertz CT molecular complexity index is 577. The molecule has 0 saturated carbocycles. The van der Waals surface area contributed by atoms with Crippen molar-refractivity contribution in [3.05, 3.63) is 29.3 Å². The number of amides is 1. The lowest BCUT2D eigenvalue weighted by Gasteiger charge is -2.25. The summed E-state index contributed by atoms with van der Waals surface area (Å²) in [5.74, 6) is -0.310. The van der Waals surface area contributed by atoms with Gasteiger partial charge in [0.2, 0.25) is 5.91 Å². The van der Waals surface area contributed by atoms with Gasteiger partial charge in [-0.3, -0.25) is 4.79 Å². The molecule has 0 radical (unpaired) electrons. The number of nitriles is 1. The minimum absolute atomic E-state index is 0.310. The lowest BCUT2D eigenvalue weighted by molar-refractivity contribution is -0.125. The van der Waals surface area contributed by atoms with Crippen molar-refractivity contribution in [1.29, 1.82) is 5.26 Å². The summed E-state index contributed by atoms with van der Waals surface area (Å²) < 4.78 is 0. The number of hydrogen-bond acceptors (Lipinski definition) is 4. The monoisotopic (exact) mass is 273 g/mol. The molecular formula is C15H19N3O2. The van der Waals surface area contributed by atoms with Crippen molar-refractivity contribution >= 4 is 11.6 Å². The molecule has 5 heteroatoms. The molecule has 1 aliphatic rings. The van der Waals surface area contributed by atoms with Crippen molar-refractivity contribution in [2.75, 3.05) is 18.0 Å². The van der Waals surface area contributed by atoms with Crippen LogP contribution < -0.4 is 10.6 Å². The van der Waals surface area contributed by atoms with E-state index >= 15 is 0 Å². The van der Waals surface area contributed by atoms with E-state index in [2.05, 4.69) is 6.07 Å². The molecule has 1 heterocycles. The van der Waals surface area contributed by atoms with Gasteiger partial charge in [-0.15, -0.1) is 0 Å². The first-order valence-corrected chi connectivity index (χ1v) is 6.64. The molecule has 0 aromatic heterocycles. The molecule has 1 saturated heterocycles. The van der Waals surface area contributed by atoms with Gasteiger partial charge in [-0.1, -0.05) is 6.07 Å². The third-order valence-electron chi connectivity index (χ3n) is 4.02. The fourth-order valence-corrected chi connectivity index (χ4v) is 2.61. The highest BCUT2D eigenvalue weighted by Gasteiger charge is 2.39. The number of carbonyl (C=O) groups is 1. The highest BCUT2D eigenvalue weighted by Crippen LogP contribution is 2.36. The molecule has 5 nitrogen and oxygen atoms in total. The fraction of sp³-hybridized carbons (Fsp3) is 0.467. The Balaban J connectivity index is 2.38. The average Bonchev–Trinajstić information content (AvgIpc) is 2.82. The number of primary amides is 1. The summed E-state index contributed by atoms with van der Waals surface area (Å²) in [6.07, 6.45) is 0.0522. The van der Waals surface area contributed by atoms with Crippen molar-refractivity contribution in [2.24, 2.45) is 11.1 Å². The van der Waals surface area contributed by atoms with Gasteiger partial charge in [0.1, 0.15) is 0 Å². The second-order valence-electron chi connectivity index (χ2n) is 5.66. The Hall–Kier alpha value is -2.06. The zero-order valence-electron chi connectivity index (χ0n) is 11.8. The number of nitrogens with zero attached hydrogens (tertiary/aromatic N) is 2. The van der Waals surface area contributed by atoms with Crippen molar-refractivity contribution in [2.45, 2.75) is 26.4 Å². The minimum atomic E-state index is -0.627. The van der Waals surface area contributed by atoms with Gasteiger partial charge in [0, 0.05) is 24.3 Å². The molecule has 0 spiro atoms. The maximum Gasteiger partial charge on any atom is 0.225 e. The van der Waals surface area contributed by atoms with Crippen LogP contribution in [0.5, 0.6) is 0 Å². The molecule has 1 aliphatic heterocycles. The Morgan fingerprint density at radius 1 is 1.60 bits per heavy atom. The zero-order valence-corrected chi connectivity index (χ0v) is 11.8. The molecular weight excluding hydrogens is 254 g/mol. The number of aliphatic hydroxyl groups is 1. The third-order valence-corrected chi connectivity index (χ3v) is 4.02. The van der Waals surface area contributed by atoms with Crippen LogP contribution in [0.25, 0.3) is 0 Å². The first-order chi connectivity index (χ1) is 9.37. The van der Waals surface area contributed by atoms with E-state index in [1.807, 2.05) is 11.8 Å². The standard InChI is InChI=1S/C15H19N3O2/c1-10(19)12-4-3-11(8-16)7-13(12)18-6-5-15(2,9-18)14(17)20/h3-4,7,10,19H,5-6,9H2,1-2H3,(H2,17,20)/t10-,15?/m1/s1. The van der Waals surface area contributed by atoms with E-state index in [1.54, 1.807) is 25.1 Å². The van der Waals surface area contributed by atoms with Crippen LogP contribution in [0.1, 0.15) is 37.5 Å². The predicted molar refractivity (Wildman–Crippen MR) is 75.9 cm³/mol. The van der Waals surface area contributed by atoms with E-state index in [1.165, 1.54) is 0 Å². The molecule has 0 aliphatic carbocycles. The minimum Gasteiger partial charge on any atom is -0.389 e. The van der Waals surface area contributed by atoms with Crippen LogP contribution in [0.4, 0.5) is 5.69 Å². The summed E-state index contributed by atoms with van der Waals surface area (Å²) in [6, 6.07) is 7.31. The maximum absolute atomic E-state index is 11.5. The molecule has 20 heavy (non-hydrogen) atoms. The van der Waals surface area contributed by atoms with Crippen molar-refractivity contribution in [3.8, 4) is 6.07 Å². The van der Waals surface area contributed by atoms with E-state index in [0.717, 1.165) is 11.3 Å². The number of carbonyl (C=O) groups excluding carboxylic acids is 1. The molecule has 2 rings (SSSR count). The third kappa shape index (κ3) is 2.47. The molecule has 1 aromatic rings. The number of aliphatic hydroxyl groups excluding tert-OH is 1. The Morgan fingerprint density at radius 2 is 2.30 bits per heavy atom. The number of benzene rings is 1. The van der Waals surface area contributed by atoms with Crippen LogP contribution in [0.15, 0.2) is 18.2 Å². The highest BCUT2D eigenvalue weighted by molar-refractivity contribution is 5.82. The van der Waals surface area contributed by atoms with Gasteiger partial charge in [-0.25, -0.2) is 0 Å². The number of nitrogens with two attached hydrogens (primary N) is 1. The molecule has 106 valence electrons. The number of anilines is 1. The van der Waals surface area contributed by atoms with Gasteiger partial charge in [-0.2, -0.15) is 5.26 Å². The van der Waals surface area contributed by atoms with Gasteiger partial charge in [0.25, 0.3) is 0 Å². The lowest BCUT2D eigenvalue weighted by atomic mass is 9.89. The van der Waals surface area contributed by atoms with Gasteiger partial charge in [-0.05, 0) is 32.4 Å². The average molecular weight is 273 g/mol. The topological polar surface area (TPSA) is 90.3 Å². The van der Waals surface area contributed by atoms with Crippen LogP contribution >= 0.6 is 0 Å². The summed E-state index contributed by atoms with van der Waals surface area (Å²) in [5.41, 5.74) is 7.01. The van der Waals surface area contributed by atoms with Crippen LogP contribution in [0.3, 0.4) is 0 Å². The maximum atomic E-state index is 11.5. The van der Waals surface area contributed by atoms with Crippen LogP contribution in [-0.2, 0) is 4.79 Å². The van der Waals surface area contributed by atoms with Crippen molar-refractivity contribution in [3.63, 3.8) is 0 Å². The van der Waals surface area contributed by atoms with Crippen LogP contribution in [0.2, 0.25) is 0 Å². The SMILES string of the molecule is C[C@@H](O)c1ccc(C#N)cc1N1CCC(C)(C(N)=O)C1. The molecule has 1 fully saturated rings. The quantitative estimate of drug-likeness (QED) is 0.868. The summed E-state index contributed by atoms with van der Waals surface area (Å²) >= 11 is 0. The van der Waals surface area contributed by atoms with E-state index < -0.39 is 11.5 Å². The van der Waals surface area contributed by atoms with E-state index in [0.29, 0.717) is 25.1 Å². The first kappa shape index (κ1) is 14.4. The Labute approximate surface area is 118 Å². The number of rotatable bonds is 3. The second kappa shape index (κ2) is 5.14. The van der Waals surface area contributed by atoms with Gasteiger partial charge in [0.15, 0.2) is 0 Å². The normalized spacial score (nSPS) is 23.4. The fourth-order valence-electron chi connectivity index (χ4n) is 2.61. The molecule has 0 bridgehead atoms. The van der Waals surface area contributed by atoms with Crippen molar-refractivity contribution < 1.29 is 9.90 Å². The van der Waals surface area contributed by atoms with E-state index in [9.17, 15) is 9.90 Å². The Morgan fingerprint density at radius 3 is 2.80 bits per heavy atom. The predicted octanol–water partition coefficient (Wildman–Crippen LogP) is 1.31. The molecule has 1 unspecified atom stereocenters. The largest absolute Gasteiger partial charge is 0.389 e. The summed E-state index contributed by atoms with van der Waals surface area (Å²) in [6.45, 7) is 4.74. The summed E-state index contributed by atoms with van der Waals surface area (Å²) in [5, 5.41) is 18.9. The Kier molecular flexibility index (Phi) is 3.69. The first-order valence-electron chi connectivity index (χ1n) is 6.64. The van der Waals surface area contributed by atoms with Gasteiger partial charge in [0.05, 0.1) is 23.2 Å². The summed E-state index contributed by atoms with van der Waals surface area (Å²) in [4.78, 5) is 13.6. The van der Waals surface area contributed by atoms with Gasteiger partial charge < -0.3 is 15.7 Å². The smallest absolute Gasteiger partial charge is 0.225 e. The highest BCUT2D eigenvalue weighted by atomic mass is 16.3. The van der Waals surface area contributed by atoms with Crippen LogP contribution in [-0.4, -0.2) is 24.1 Å². The number of hydrogen-bond donors (Lipinski definition) is 2. The molecule has 3 N–H and O–H groups in total. The molecule has 1 amide bonds. The summed E-state index contributed by atoms with van der Waals surface area (Å²) in [7, 11) is 0. The van der Waals surface area contributed by atoms with E-state index in [-0.39, 0.29) is 5.91 Å². The zero-order chi connectivity index (χ0) is 14.9.